The molecule has 0 saturated heterocycles. The van der Waals surface area contributed by atoms with E-state index in [0.29, 0.717) is 38.2 Å². The van der Waals surface area contributed by atoms with E-state index in [9.17, 15) is 18.4 Å². The molecule has 0 aliphatic rings. The predicted molar refractivity (Wildman–Crippen MR) is 127 cm³/mol. The number of anilines is 2. The van der Waals surface area contributed by atoms with E-state index in [1.165, 1.54) is 11.3 Å². The number of nitrogens with one attached hydrogen (secondary N) is 2. The molecule has 0 radical (unpaired) electrons. The summed E-state index contributed by atoms with van der Waals surface area (Å²) < 4.78 is 30.4. The number of hydrogen-bond donors (Lipinski definition) is 2. The lowest BCUT2D eigenvalue weighted by Gasteiger charge is -2.12. The van der Waals surface area contributed by atoms with Crippen LogP contribution < -0.4 is 10.9 Å². The summed E-state index contributed by atoms with van der Waals surface area (Å²) in [6.45, 7) is 3.61. The van der Waals surface area contributed by atoms with E-state index in [1.54, 1.807) is 48.5 Å². The van der Waals surface area contributed by atoms with Crippen molar-refractivity contribution in [2.75, 3.05) is 5.32 Å². The van der Waals surface area contributed by atoms with Gasteiger partial charge in [0.25, 0.3) is 11.3 Å². The smallest absolute Gasteiger partial charge is 0.340 e. The molecule has 0 fully saturated rings. The summed E-state index contributed by atoms with van der Waals surface area (Å²) in [5.41, 5.74) is 2.05. The number of benzene rings is 2. The molecule has 170 valence electrons. The van der Waals surface area contributed by atoms with Crippen LogP contribution in [0, 0.1) is 13.8 Å². The van der Waals surface area contributed by atoms with Gasteiger partial charge in [-0.15, -0.1) is 11.3 Å². The number of carbonyl (C=O) groups is 1. The maximum Gasteiger partial charge on any atom is 0.340 e. The Balaban J connectivity index is 1.48. The number of rotatable bonds is 7. The van der Waals surface area contributed by atoms with E-state index in [2.05, 4.69) is 15.3 Å². The Hall–Kier alpha value is -3.24. The fourth-order valence-electron chi connectivity index (χ4n) is 3.22. The minimum atomic E-state index is -2.49. The summed E-state index contributed by atoms with van der Waals surface area (Å²) in [5, 5.41) is 3.66. The summed E-state index contributed by atoms with van der Waals surface area (Å²) in [4.78, 5) is 34.3. The zero-order valence-corrected chi connectivity index (χ0v) is 19.3. The topological polar surface area (TPSA) is 84.1 Å². The Kier molecular flexibility index (Phi) is 6.75. The van der Waals surface area contributed by atoms with Crippen molar-refractivity contribution in [1.82, 2.24) is 9.97 Å². The number of hydrogen-bond acceptors (Lipinski definition) is 7. The Labute approximate surface area is 196 Å². The molecule has 0 spiro atoms. The molecule has 0 aliphatic heterocycles. The molecule has 2 heterocycles. The van der Waals surface area contributed by atoms with Gasteiger partial charge < -0.3 is 15.0 Å². The molecular formula is C23H19F2N3O3S2. The van der Waals surface area contributed by atoms with Gasteiger partial charge >= 0.3 is 5.97 Å². The number of alkyl halides is 2. The molecule has 33 heavy (non-hydrogen) atoms. The molecule has 0 amide bonds. The number of para-hydroxylation sites is 1. The molecule has 2 aromatic carbocycles. The highest BCUT2D eigenvalue weighted by molar-refractivity contribution is 7.99. The fraction of sp³-hybridized carbons (Fsp3) is 0.174. The van der Waals surface area contributed by atoms with Gasteiger partial charge in [0.2, 0.25) is 0 Å². The lowest BCUT2D eigenvalue weighted by Crippen LogP contribution is -2.14. The average Bonchev–Trinajstić information content (AvgIpc) is 3.07. The molecule has 2 aromatic heterocycles. The van der Waals surface area contributed by atoms with Crippen LogP contribution in [0.5, 0.6) is 0 Å². The molecular weight excluding hydrogens is 468 g/mol. The number of esters is 1. The number of thioether (sulfide) groups is 1. The summed E-state index contributed by atoms with van der Waals surface area (Å²) in [5.74, 6) is -2.82. The zero-order chi connectivity index (χ0) is 23.5. The minimum absolute atomic E-state index is 0.187. The van der Waals surface area contributed by atoms with Crippen LogP contribution in [0.1, 0.15) is 26.6 Å². The molecule has 0 saturated carbocycles. The number of nitrogens with zero attached hydrogens (tertiary/aromatic N) is 1. The van der Waals surface area contributed by atoms with Crippen molar-refractivity contribution in [3.05, 3.63) is 80.7 Å². The maximum atomic E-state index is 12.7. The number of fused-ring (bicyclic) bond motifs is 1. The Bertz CT molecular complexity index is 1370. The fourth-order valence-corrected chi connectivity index (χ4v) is 4.77. The maximum absolute atomic E-state index is 12.7. The zero-order valence-electron chi connectivity index (χ0n) is 17.6. The van der Waals surface area contributed by atoms with Gasteiger partial charge in [0.05, 0.1) is 16.6 Å². The monoisotopic (exact) mass is 487 g/mol. The van der Waals surface area contributed by atoms with Crippen LogP contribution in [0.4, 0.5) is 20.2 Å². The lowest BCUT2D eigenvalue weighted by atomic mass is 10.1. The van der Waals surface area contributed by atoms with E-state index >= 15 is 0 Å². The number of aryl methyl sites for hydroxylation is 2. The number of aromatic amines is 1. The highest BCUT2D eigenvalue weighted by Crippen LogP contribution is 2.28. The Morgan fingerprint density at radius 3 is 2.64 bits per heavy atom. The van der Waals surface area contributed by atoms with Gasteiger partial charge in [-0.1, -0.05) is 23.9 Å². The Morgan fingerprint density at radius 1 is 1.18 bits per heavy atom. The second-order valence-corrected chi connectivity index (χ2v) is 9.39. The van der Waals surface area contributed by atoms with Crippen LogP contribution in [-0.4, -0.2) is 21.7 Å². The second-order valence-electron chi connectivity index (χ2n) is 7.13. The molecule has 10 heteroatoms. The number of H-pyrrole nitrogens is 1. The first kappa shape index (κ1) is 22.9. The van der Waals surface area contributed by atoms with Gasteiger partial charge in [-0.25, -0.2) is 9.78 Å². The van der Waals surface area contributed by atoms with Crippen LogP contribution in [0.15, 0.2) is 58.2 Å². The van der Waals surface area contributed by atoms with E-state index in [1.807, 2.05) is 13.8 Å². The first-order valence-corrected chi connectivity index (χ1v) is 11.6. The third-order valence-corrected chi connectivity index (χ3v) is 6.76. The molecule has 2 N–H and O–H groups in total. The van der Waals surface area contributed by atoms with Gasteiger partial charge in [-0.2, -0.15) is 8.78 Å². The Morgan fingerprint density at radius 2 is 1.91 bits per heavy atom. The first-order chi connectivity index (χ1) is 15.8. The highest BCUT2D eigenvalue weighted by Gasteiger charge is 2.16. The first-order valence-electron chi connectivity index (χ1n) is 9.89. The summed E-state index contributed by atoms with van der Waals surface area (Å²) in [6.07, 6.45) is 0. The minimum Gasteiger partial charge on any atom is -0.454 e. The van der Waals surface area contributed by atoms with E-state index in [-0.39, 0.29) is 23.6 Å². The summed E-state index contributed by atoms with van der Waals surface area (Å²) >= 11 is 1.88. The second kappa shape index (κ2) is 9.72. The van der Waals surface area contributed by atoms with Crippen molar-refractivity contribution >= 4 is 50.7 Å². The van der Waals surface area contributed by atoms with Crippen molar-refractivity contribution in [3.8, 4) is 0 Å². The highest BCUT2D eigenvalue weighted by atomic mass is 32.2. The van der Waals surface area contributed by atoms with Crippen LogP contribution >= 0.6 is 23.1 Å². The largest absolute Gasteiger partial charge is 0.454 e. The number of aromatic nitrogens is 2. The van der Waals surface area contributed by atoms with Crippen LogP contribution in [-0.2, 0) is 11.3 Å². The molecule has 4 aromatic rings. The molecule has 0 bridgehead atoms. The summed E-state index contributed by atoms with van der Waals surface area (Å²) in [6, 6.07) is 13.2. The van der Waals surface area contributed by atoms with Gasteiger partial charge in [-0.3, -0.25) is 4.79 Å². The van der Waals surface area contributed by atoms with Gasteiger partial charge in [0.15, 0.2) is 0 Å². The molecule has 0 aliphatic carbocycles. The van der Waals surface area contributed by atoms with Crippen LogP contribution in [0.3, 0.4) is 0 Å². The summed E-state index contributed by atoms with van der Waals surface area (Å²) in [7, 11) is 0. The lowest BCUT2D eigenvalue weighted by molar-refractivity contribution is 0.0463. The normalized spacial score (nSPS) is 11.2. The molecule has 0 unspecified atom stereocenters. The van der Waals surface area contributed by atoms with Crippen molar-refractivity contribution < 1.29 is 18.3 Å². The molecule has 6 nitrogen and oxygen atoms in total. The van der Waals surface area contributed by atoms with Gasteiger partial charge in [-0.05, 0) is 55.8 Å². The van der Waals surface area contributed by atoms with Crippen molar-refractivity contribution in [1.29, 1.82) is 0 Å². The van der Waals surface area contributed by atoms with E-state index in [4.69, 9.17) is 4.74 Å². The number of carbonyl (C=O) groups excluding carboxylic acids is 1. The quantitative estimate of drug-likeness (QED) is 0.245. The standard InChI is InChI=1S/C23H19F2N3O3S2/c1-12-13(2)32-21-19(12)20(29)27-18(28-21)11-31-22(30)16-5-3-4-6-17(16)26-14-7-9-15(10-8-14)33-23(24)25/h3-10,23,26H,11H2,1-2H3,(H,27,28,29). The van der Waals surface area contributed by atoms with Crippen molar-refractivity contribution in [3.63, 3.8) is 0 Å². The van der Waals surface area contributed by atoms with Gasteiger partial charge in [0.1, 0.15) is 17.3 Å². The third kappa shape index (κ3) is 5.23. The molecule has 4 rings (SSSR count). The van der Waals surface area contributed by atoms with E-state index in [0.717, 1.165) is 10.4 Å². The van der Waals surface area contributed by atoms with Gasteiger partial charge in [0, 0.05) is 15.5 Å². The number of ether oxygens (including phenoxy) is 1. The third-order valence-electron chi connectivity index (χ3n) is 4.93. The number of halogens is 2. The van der Waals surface area contributed by atoms with E-state index < -0.39 is 11.7 Å². The molecule has 0 atom stereocenters. The van der Waals surface area contributed by atoms with Crippen molar-refractivity contribution in [2.45, 2.75) is 31.1 Å². The van der Waals surface area contributed by atoms with Crippen LogP contribution in [0.25, 0.3) is 10.2 Å². The SMILES string of the molecule is Cc1sc2nc(COC(=O)c3ccccc3Nc3ccc(SC(F)F)cc3)[nH]c(=O)c2c1C. The predicted octanol–water partition coefficient (Wildman–Crippen LogP) is 6.02. The number of thiophene rings is 1. The van der Waals surface area contributed by atoms with Crippen LogP contribution in [0.2, 0.25) is 0 Å². The van der Waals surface area contributed by atoms with Crippen molar-refractivity contribution in [2.24, 2.45) is 0 Å². The average molecular weight is 488 g/mol.